The van der Waals surface area contributed by atoms with Crippen LogP contribution in [0.5, 0.6) is 0 Å². The molecule has 0 saturated carbocycles. The van der Waals surface area contributed by atoms with Crippen LogP contribution < -0.4 is 10.6 Å². The van der Waals surface area contributed by atoms with Crippen molar-refractivity contribution in [3.8, 4) is 0 Å². The maximum Gasteiger partial charge on any atom is 0.225 e. The van der Waals surface area contributed by atoms with Crippen LogP contribution in [0.4, 0.5) is 5.69 Å². The number of fused-ring (bicyclic) bond motifs is 1. The van der Waals surface area contributed by atoms with Gasteiger partial charge >= 0.3 is 0 Å². The van der Waals surface area contributed by atoms with Gasteiger partial charge in [-0.1, -0.05) is 6.92 Å². The van der Waals surface area contributed by atoms with E-state index >= 15 is 0 Å². The van der Waals surface area contributed by atoms with E-state index in [0.29, 0.717) is 18.7 Å². The molecule has 3 rings (SSSR count). The van der Waals surface area contributed by atoms with Crippen LogP contribution in [0, 0.1) is 6.92 Å². The van der Waals surface area contributed by atoms with Gasteiger partial charge in [0.25, 0.3) is 0 Å². The lowest BCUT2D eigenvalue weighted by atomic mass is 10.2. The minimum atomic E-state index is -3.63. The number of nitrogens with one attached hydrogen (secondary N) is 2. The molecule has 0 spiro atoms. The molecule has 1 atom stereocenters. The SMILES string of the molecule is Cc1ccsc1CCNC(=O)CCS(=O)(=O)c1ccc2c(c1)NC(=O)C[C@H](C)S2. The summed E-state index contributed by atoms with van der Waals surface area (Å²) in [7, 11) is -3.63. The monoisotopic (exact) mass is 452 g/mol. The highest BCUT2D eigenvalue weighted by atomic mass is 32.2. The fourth-order valence-corrected chi connectivity index (χ4v) is 6.26. The van der Waals surface area contributed by atoms with Crippen LogP contribution in [0.15, 0.2) is 39.4 Å². The van der Waals surface area contributed by atoms with E-state index in [1.54, 1.807) is 35.2 Å². The quantitative estimate of drug-likeness (QED) is 0.672. The molecule has 1 aromatic heterocycles. The number of anilines is 1. The molecule has 29 heavy (non-hydrogen) atoms. The summed E-state index contributed by atoms with van der Waals surface area (Å²) in [6, 6.07) is 6.79. The number of thioether (sulfide) groups is 1. The van der Waals surface area contributed by atoms with E-state index < -0.39 is 9.84 Å². The van der Waals surface area contributed by atoms with E-state index in [4.69, 9.17) is 0 Å². The molecule has 2 amide bonds. The molecule has 0 radical (unpaired) electrons. The maximum atomic E-state index is 12.7. The number of carbonyl (C=O) groups is 2. The number of benzene rings is 1. The molecule has 2 heterocycles. The Hall–Kier alpha value is -1.84. The topological polar surface area (TPSA) is 92.3 Å². The minimum Gasteiger partial charge on any atom is -0.356 e. The van der Waals surface area contributed by atoms with Crippen LogP contribution >= 0.6 is 23.1 Å². The van der Waals surface area contributed by atoms with Crippen molar-refractivity contribution in [3.05, 3.63) is 40.1 Å². The Morgan fingerprint density at radius 1 is 1.31 bits per heavy atom. The number of aryl methyl sites for hydroxylation is 1. The van der Waals surface area contributed by atoms with Crippen molar-refractivity contribution in [3.63, 3.8) is 0 Å². The largest absolute Gasteiger partial charge is 0.356 e. The second kappa shape index (κ2) is 9.32. The first-order valence-electron chi connectivity index (χ1n) is 9.37. The zero-order valence-electron chi connectivity index (χ0n) is 16.4. The fourth-order valence-electron chi connectivity index (χ4n) is 3.03. The number of amides is 2. The van der Waals surface area contributed by atoms with E-state index in [1.165, 1.54) is 16.5 Å². The van der Waals surface area contributed by atoms with Gasteiger partial charge < -0.3 is 10.6 Å². The van der Waals surface area contributed by atoms with E-state index in [1.807, 2.05) is 25.3 Å². The van der Waals surface area contributed by atoms with Crippen molar-refractivity contribution in [2.75, 3.05) is 17.6 Å². The van der Waals surface area contributed by atoms with Gasteiger partial charge in [-0.25, -0.2) is 8.42 Å². The first-order valence-corrected chi connectivity index (χ1v) is 12.8. The Morgan fingerprint density at radius 2 is 2.10 bits per heavy atom. The van der Waals surface area contributed by atoms with E-state index in [2.05, 4.69) is 10.6 Å². The highest BCUT2D eigenvalue weighted by Gasteiger charge is 2.22. The molecule has 1 aliphatic rings. The predicted molar refractivity (Wildman–Crippen MR) is 117 cm³/mol. The minimum absolute atomic E-state index is 0.0962. The van der Waals surface area contributed by atoms with Gasteiger partial charge in [-0.2, -0.15) is 0 Å². The molecule has 0 fully saturated rings. The van der Waals surface area contributed by atoms with Crippen LogP contribution in [0.3, 0.4) is 0 Å². The Morgan fingerprint density at radius 3 is 2.83 bits per heavy atom. The molecule has 1 aromatic carbocycles. The summed E-state index contributed by atoms with van der Waals surface area (Å²) in [5, 5.41) is 7.70. The third-order valence-corrected chi connectivity index (χ3v) is 8.60. The molecule has 2 aromatic rings. The van der Waals surface area contributed by atoms with Gasteiger partial charge in [0.2, 0.25) is 11.8 Å². The predicted octanol–water partition coefficient (Wildman–Crippen LogP) is 3.40. The second-order valence-corrected chi connectivity index (χ2v) is 11.6. The zero-order chi connectivity index (χ0) is 21.0. The summed E-state index contributed by atoms with van der Waals surface area (Å²) in [5.41, 5.74) is 1.72. The summed E-state index contributed by atoms with van der Waals surface area (Å²) in [6.07, 6.45) is 1.02. The molecule has 0 aliphatic carbocycles. The first-order chi connectivity index (χ1) is 13.7. The summed E-state index contributed by atoms with van der Waals surface area (Å²) in [4.78, 5) is 26.2. The number of carbonyl (C=O) groups excluding carboxylic acids is 2. The van der Waals surface area contributed by atoms with Gasteiger partial charge in [0.15, 0.2) is 9.84 Å². The first kappa shape index (κ1) is 21.9. The van der Waals surface area contributed by atoms with Crippen molar-refractivity contribution >= 4 is 50.4 Å². The molecule has 0 unspecified atom stereocenters. The van der Waals surface area contributed by atoms with Gasteiger partial charge in [-0.3, -0.25) is 9.59 Å². The molecular weight excluding hydrogens is 428 g/mol. The smallest absolute Gasteiger partial charge is 0.225 e. The highest BCUT2D eigenvalue weighted by molar-refractivity contribution is 8.00. The van der Waals surface area contributed by atoms with Crippen molar-refractivity contribution in [1.29, 1.82) is 0 Å². The summed E-state index contributed by atoms with van der Waals surface area (Å²) in [5.74, 6) is -0.679. The number of hydrogen-bond donors (Lipinski definition) is 2. The van der Waals surface area contributed by atoms with E-state index in [0.717, 1.165) is 11.3 Å². The molecule has 2 N–H and O–H groups in total. The molecule has 0 bridgehead atoms. The van der Waals surface area contributed by atoms with Gasteiger partial charge in [0.05, 0.1) is 16.3 Å². The van der Waals surface area contributed by atoms with Crippen LogP contribution in [0.2, 0.25) is 0 Å². The number of sulfone groups is 1. The van der Waals surface area contributed by atoms with Gasteiger partial charge in [-0.15, -0.1) is 23.1 Å². The van der Waals surface area contributed by atoms with Crippen molar-refractivity contribution in [2.45, 2.75) is 48.2 Å². The lowest BCUT2D eigenvalue weighted by Crippen LogP contribution is -2.27. The molecule has 156 valence electrons. The summed E-state index contributed by atoms with van der Waals surface area (Å²) >= 11 is 3.19. The fraction of sp³-hybridized carbons (Fsp3) is 0.400. The van der Waals surface area contributed by atoms with E-state index in [-0.39, 0.29) is 34.1 Å². The Kier molecular flexibility index (Phi) is 7.02. The van der Waals surface area contributed by atoms with Crippen molar-refractivity contribution in [2.24, 2.45) is 0 Å². The van der Waals surface area contributed by atoms with Crippen LogP contribution in [-0.4, -0.2) is 37.8 Å². The third kappa shape index (κ3) is 5.83. The Bertz CT molecular complexity index is 1010. The molecule has 1 aliphatic heterocycles. The highest BCUT2D eigenvalue weighted by Crippen LogP contribution is 2.36. The standard InChI is InChI=1S/C20H24N2O4S3/c1-13-6-9-27-17(13)5-8-21-19(23)7-10-29(25,26)15-3-4-18-16(12-15)22-20(24)11-14(2)28-18/h3-4,6,9,12,14H,5,7-8,10-11H2,1-2H3,(H,21,23)(H,22,24)/t14-/m0/s1. The molecule has 9 heteroatoms. The van der Waals surface area contributed by atoms with Gasteiger partial charge in [-0.05, 0) is 48.6 Å². The maximum absolute atomic E-state index is 12.7. The lowest BCUT2D eigenvalue weighted by molar-refractivity contribution is -0.120. The third-order valence-electron chi connectivity index (χ3n) is 4.63. The number of thiophene rings is 1. The van der Waals surface area contributed by atoms with Crippen LogP contribution in [0.1, 0.15) is 30.2 Å². The summed E-state index contributed by atoms with van der Waals surface area (Å²) < 4.78 is 25.3. The number of hydrogen-bond acceptors (Lipinski definition) is 6. The average Bonchev–Trinajstić information content (AvgIpc) is 2.99. The second-order valence-electron chi connectivity index (χ2n) is 7.03. The normalized spacial score (nSPS) is 16.6. The Balaban J connectivity index is 1.57. The Labute approximate surface area is 179 Å². The summed E-state index contributed by atoms with van der Waals surface area (Å²) in [6.45, 7) is 4.48. The molecular formula is C20H24N2O4S3. The molecule has 6 nitrogen and oxygen atoms in total. The zero-order valence-corrected chi connectivity index (χ0v) is 18.8. The lowest BCUT2D eigenvalue weighted by Gasteiger charge is -2.11. The average molecular weight is 453 g/mol. The van der Waals surface area contributed by atoms with Crippen molar-refractivity contribution < 1.29 is 18.0 Å². The van der Waals surface area contributed by atoms with E-state index in [9.17, 15) is 18.0 Å². The van der Waals surface area contributed by atoms with Crippen LogP contribution in [0.25, 0.3) is 0 Å². The van der Waals surface area contributed by atoms with Crippen LogP contribution in [-0.2, 0) is 25.8 Å². The van der Waals surface area contributed by atoms with Gasteiger partial charge in [0.1, 0.15) is 0 Å². The van der Waals surface area contributed by atoms with Crippen molar-refractivity contribution in [1.82, 2.24) is 5.32 Å². The number of rotatable bonds is 7. The van der Waals surface area contributed by atoms with Gasteiger partial charge in [0, 0.05) is 34.4 Å². The molecule has 0 saturated heterocycles.